The average Bonchev–Trinajstić information content (AvgIpc) is 2.39. The first-order valence-corrected chi connectivity index (χ1v) is 6.30. The molecule has 0 fully saturated rings. The molecule has 0 bridgehead atoms. The summed E-state index contributed by atoms with van der Waals surface area (Å²) in [4.78, 5) is 4.10. The molecule has 5 nitrogen and oxygen atoms in total. The van der Waals surface area contributed by atoms with Crippen molar-refractivity contribution in [2.24, 2.45) is 0 Å². The van der Waals surface area contributed by atoms with Gasteiger partial charge >= 0.3 is 5.69 Å². The van der Waals surface area contributed by atoms with Gasteiger partial charge in [0, 0.05) is 12.1 Å². The van der Waals surface area contributed by atoms with Gasteiger partial charge in [-0.1, -0.05) is 24.9 Å². The summed E-state index contributed by atoms with van der Waals surface area (Å²) in [5.41, 5.74) is 0.441. The van der Waals surface area contributed by atoms with E-state index in [0.29, 0.717) is 28.0 Å². The van der Waals surface area contributed by atoms with Crippen molar-refractivity contribution in [1.29, 1.82) is 5.26 Å². The predicted molar refractivity (Wildman–Crippen MR) is 70.8 cm³/mol. The maximum Gasteiger partial charge on any atom is 0.307 e. The summed E-state index contributed by atoms with van der Waals surface area (Å²) in [6.45, 7) is 2.55. The van der Waals surface area contributed by atoms with E-state index >= 15 is 0 Å². The van der Waals surface area contributed by atoms with Crippen molar-refractivity contribution in [2.75, 3.05) is 6.61 Å². The van der Waals surface area contributed by atoms with Gasteiger partial charge in [-0.25, -0.2) is 4.98 Å². The number of unbranched alkanes of at least 4 members (excludes halogenated alkanes) is 1. The fraction of sp³-hybridized carbons (Fsp3) is 0.308. The van der Waals surface area contributed by atoms with E-state index < -0.39 is 0 Å². The molecule has 0 aliphatic rings. The molecule has 0 aliphatic heterocycles. The summed E-state index contributed by atoms with van der Waals surface area (Å²) in [6.07, 6.45) is 3.11. The molecule has 2 aromatic rings. The molecule has 2 heterocycles. The van der Waals surface area contributed by atoms with Crippen molar-refractivity contribution in [2.45, 2.75) is 19.8 Å². The summed E-state index contributed by atoms with van der Waals surface area (Å²) in [5, 5.41) is 21.4. The van der Waals surface area contributed by atoms with Gasteiger partial charge in [-0.05, 0) is 6.42 Å². The van der Waals surface area contributed by atoms with Gasteiger partial charge < -0.3 is 9.94 Å². The minimum Gasteiger partial charge on any atom is -0.618 e. The summed E-state index contributed by atoms with van der Waals surface area (Å²) < 4.78 is 6.11. The van der Waals surface area contributed by atoms with Gasteiger partial charge in [-0.2, -0.15) is 9.99 Å². The Bertz CT molecular complexity index is 652. The zero-order valence-corrected chi connectivity index (χ0v) is 11.1. The van der Waals surface area contributed by atoms with Gasteiger partial charge in [-0.15, -0.1) is 0 Å². The minimum absolute atomic E-state index is 0.0341. The Labute approximate surface area is 115 Å². The molecule has 0 aromatic carbocycles. The highest BCUT2D eigenvalue weighted by atomic mass is 35.5. The van der Waals surface area contributed by atoms with Crippen molar-refractivity contribution in [3.05, 3.63) is 34.4 Å². The van der Waals surface area contributed by atoms with E-state index in [0.717, 1.165) is 12.8 Å². The fourth-order valence-corrected chi connectivity index (χ4v) is 1.93. The quantitative estimate of drug-likeness (QED) is 0.373. The van der Waals surface area contributed by atoms with Gasteiger partial charge in [0.15, 0.2) is 12.3 Å². The zero-order valence-electron chi connectivity index (χ0n) is 10.4. The van der Waals surface area contributed by atoms with Crippen molar-refractivity contribution >= 4 is 22.5 Å². The van der Waals surface area contributed by atoms with E-state index in [9.17, 15) is 5.21 Å². The Balaban J connectivity index is 2.60. The van der Waals surface area contributed by atoms with E-state index in [1.165, 1.54) is 18.3 Å². The zero-order chi connectivity index (χ0) is 13.8. The molecule has 0 radical (unpaired) electrons. The first-order valence-electron chi connectivity index (χ1n) is 5.92. The smallest absolute Gasteiger partial charge is 0.307 e. The van der Waals surface area contributed by atoms with Crippen molar-refractivity contribution in [1.82, 2.24) is 4.98 Å². The summed E-state index contributed by atoms with van der Waals surface area (Å²) >= 11 is 5.91. The number of ether oxygens (including phenoxy) is 1. The number of hydrogen-bond acceptors (Lipinski definition) is 4. The lowest BCUT2D eigenvalue weighted by atomic mass is 10.2. The second-order valence-corrected chi connectivity index (χ2v) is 4.39. The van der Waals surface area contributed by atoms with Gasteiger partial charge in [0.1, 0.15) is 16.3 Å². The fourth-order valence-electron chi connectivity index (χ4n) is 1.74. The standard InChI is InChI=1S/C13H12ClN3O2/c1-2-3-6-19-11-7-12(14)16-9-4-5-17(18)10(8-15)13(9)11/h4-5,7H,2-3,6H2,1H3. The number of nitrogens with zero attached hydrogens (tertiary/aromatic N) is 3. The molecular formula is C13H12ClN3O2. The van der Waals surface area contributed by atoms with Gasteiger partial charge in [0.2, 0.25) is 0 Å². The topological polar surface area (TPSA) is 72.8 Å². The van der Waals surface area contributed by atoms with E-state index in [2.05, 4.69) is 4.98 Å². The molecule has 6 heteroatoms. The Kier molecular flexibility index (Phi) is 4.03. The third kappa shape index (κ3) is 2.69. The number of rotatable bonds is 4. The number of nitriles is 1. The molecule has 0 aliphatic carbocycles. The van der Waals surface area contributed by atoms with Gasteiger partial charge in [0.25, 0.3) is 0 Å². The van der Waals surface area contributed by atoms with E-state index in [1.807, 2.05) is 13.0 Å². The molecule has 0 unspecified atom stereocenters. The Morgan fingerprint density at radius 2 is 2.37 bits per heavy atom. The van der Waals surface area contributed by atoms with Gasteiger partial charge in [-0.3, -0.25) is 0 Å². The second-order valence-electron chi connectivity index (χ2n) is 4.01. The number of pyridine rings is 2. The van der Waals surface area contributed by atoms with Crippen LogP contribution in [0.4, 0.5) is 0 Å². The Hall–Kier alpha value is -2.06. The van der Waals surface area contributed by atoms with Crippen LogP contribution >= 0.6 is 11.6 Å². The highest BCUT2D eigenvalue weighted by Gasteiger charge is 2.17. The van der Waals surface area contributed by atoms with Crippen LogP contribution in [0.2, 0.25) is 5.15 Å². The summed E-state index contributed by atoms with van der Waals surface area (Å²) in [7, 11) is 0. The lowest BCUT2D eigenvalue weighted by Gasteiger charge is -2.10. The number of hydrogen-bond donors (Lipinski definition) is 0. The molecule has 0 atom stereocenters. The number of aromatic nitrogens is 2. The molecule has 0 N–H and O–H groups in total. The van der Waals surface area contributed by atoms with Crippen LogP contribution in [0.3, 0.4) is 0 Å². The molecule has 0 amide bonds. The van der Waals surface area contributed by atoms with E-state index in [1.54, 1.807) is 0 Å². The lowest BCUT2D eigenvalue weighted by Crippen LogP contribution is -2.30. The molecule has 19 heavy (non-hydrogen) atoms. The van der Waals surface area contributed by atoms with Crippen molar-refractivity contribution in [3.8, 4) is 11.8 Å². The maximum atomic E-state index is 11.6. The van der Waals surface area contributed by atoms with Crippen LogP contribution in [0.5, 0.6) is 5.75 Å². The van der Waals surface area contributed by atoms with Crippen LogP contribution in [0, 0.1) is 16.5 Å². The molecule has 98 valence electrons. The molecule has 2 aromatic heterocycles. The SMILES string of the molecule is CCCCOc1cc(Cl)nc2cc[n+]([O-])c(C#N)c12. The highest BCUT2D eigenvalue weighted by Crippen LogP contribution is 2.28. The number of fused-ring (bicyclic) bond motifs is 1. The second kappa shape index (κ2) is 5.72. The van der Waals surface area contributed by atoms with Crippen LogP contribution in [-0.4, -0.2) is 11.6 Å². The highest BCUT2D eigenvalue weighted by molar-refractivity contribution is 6.30. The van der Waals surface area contributed by atoms with Crippen LogP contribution in [0.1, 0.15) is 25.5 Å². The molecular weight excluding hydrogens is 266 g/mol. The van der Waals surface area contributed by atoms with Crippen LogP contribution in [0.25, 0.3) is 10.9 Å². The first kappa shape index (κ1) is 13.4. The van der Waals surface area contributed by atoms with Crippen molar-refractivity contribution < 1.29 is 9.47 Å². The molecule has 0 spiro atoms. The van der Waals surface area contributed by atoms with E-state index in [4.69, 9.17) is 21.6 Å². The molecule has 0 saturated heterocycles. The third-order valence-corrected chi connectivity index (χ3v) is 2.86. The van der Waals surface area contributed by atoms with Crippen LogP contribution in [-0.2, 0) is 0 Å². The summed E-state index contributed by atoms with van der Waals surface area (Å²) in [5.74, 6) is 0.421. The van der Waals surface area contributed by atoms with Crippen LogP contribution in [0.15, 0.2) is 18.3 Å². The Morgan fingerprint density at radius 1 is 1.58 bits per heavy atom. The normalized spacial score (nSPS) is 10.4. The predicted octanol–water partition coefficient (Wildman–Crippen LogP) is 2.57. The molecule has 2 rings (SSSR count). The number of halogens is 1. The summed E-state index contributed by atoms with van der Waals surface area (Å²) in [6, 6.07) is 4.92. The lowest BCUT2D eigenvalue weighted by molar-refractivity contribution is -0.606. The molecule has 0 saturated carbocycles. The average molecular weight is 278 g/mol. The van der Waals surface area contributed by atoms with E-state index in [-0.39, 0.29) is 10.8 Å². The van der Waals surface area contributed by atoms with Crippen molar-refractivity contribution in [3.63, 3.8) is 0 Å². The first-order chi connectivity index (χ1) is 9.17. The monoisotopic (exact) mass is 277 g/mol. The minimum atomic E-state index is -0.0341. The van der Waals surface area contributed by atoms with Gasteiger partial charge in [0.05, 0.1) is 12.1 Å². The third-order valence-electron chi connectivity index (χ3n) is 2.67. The largest absolute Gasteiger partial charge is 0.618 e. The maximum absolute atomic E-state index is 11.6. The Morgan fingerprint density at radius 3 is 3.05 bits per heavy atom. The van der Waals surface area contributed by atoms with Crippen LogP contribution < -0.4 is 9.47 Å².